The molecule has 1 unspecified atom stereocenters. The monoisotopic (exact) mass is 569 g/mol. The minimum atomic E-state index is 0.565. The molecule has 0 saturated heterocycles. The summed E-state index contributed by atoms with van der Waals surface area (Å²) in [6, 6.07) is 25.2. The number of allylic oxidation sites excluding steroid dienone is 6. The smallest absolute Gasteiger partial charge is 0.0488 e. The first-order chi connectivity index (χ1) is 21.7. The molecule has 4 aromatic carbocycles. The van der Waals surface area contributed by atoms with Gasteiger partial charge in [-0.2, -0.15) is 0 Å². The topological polar surface area (TPSA) is 4.93 Å². The molecule has 0 amide bonds. The molecule has 44 heavy (non-hydrogen) atoms. The van der Waals surface area contributed by atoms with Gasteiger partial charge in [0, 0.05) is 28.7 Å². The molecule has 1 atom stereocenters. The molecule has 216 valence electrons. The fraction of sp³-hybridized carbons (Fsp3) is 0.209. The third-order valence-electron chi connectivity index (χ3n) is 10.0. The van der Waals surface area contributed by atoms with Gasteiger partial charge < -0.3 is 4.57 Å². The van der Waals surface area contributed by atoms with Crippen LogP contribution in [0.25, 0.3) is 56.6 Å². The van der Waals surface area contributed by atoms with Crippen LogP contribution in [0.1, 0.15) is 65.3 Å². The number of nitrogens with zero attached hydrogens (tertiary/aromatic N) is 1. The third-order valence-corrected chi connectivity index (χ3v) is 10.0. The number of fused-ring (bicyclic) bond motifs is 9. The number of aromatic nitrogens is 1. The Labute approximate surface area is 261 Å². The molecule has 1 aromatic heterocycles. The first-order valence-corrected chi connectivity index (χ1v) is 16.3. The van der Waals surface area contributed by atoms with Crippen LogP contribution in [0.3, 0.4) is 0 Å². The van der Waals surface area contributed by atoms with E-state index >= 15 is 0 Å². The standard InChI is InChI=1S/C43H39N/c1-3-11-30(24-25-44-42-19-9-8-18-39(42)40-22-20-29(2)26-43(40)44)31-12-10-13-32(27-31)33-21-23-38-36-16-5-4-14-34(36)35-15-6-7-17-37(35)41(38)28-33/h3,5,7-13,16-23,27-29H,1,4,6,14-15,24-26H2,2H3/b30-11+. The van der Waals surface area contributed by atoms with E-state index in [4.69, 9.17) is 0 Å². The molecule has 5 aromatic rings. The van der Waals surface area contributed by atoms with Gasteiger partial charge >= 0.3 is 0 Å². The number of hydrogen-bond acceptors (Lipinski definition) is 0. The summed E-state index contributed by atoms with van der Waals surface area (Å²) in [5.74, 6) is 0.565. The lowest BCUT2D eigenvalue weighted by Gasteiger charge is -2.24. The van der Waals surface area contributed by atoms with Crippen LogP contribution in [0.15, 0.2) is 104 Å². The number of hydrogen-bond donors (Lipinski definition) is 0. The second-order valence-electron chi connectivity index (χ2n) is 12.8. The molecule has 0 radical (unpaired) electrons. The van der Waals surface area contributed by atoms with Crippen molar-refractivity contribution in [2.24, 2.45) is 5.92 Å². The molecule has 0 bridgehead atoms. The molecule has 0 aliphatic heterocycles. The molecule has 3 aliphatic rings. The molecule has 1 heterocycles. The minimum Gasteiger partial charge on any atom is -0.344 e. The van der Waals surface area contributed by atoms with Gasteiger partial charge in [0.2, 0.25) is 0 Å². The summed E-state index contributed by atoms with van der Waals surface area (Å²) in [4.78, 5) is 0. The SMILES string of the molecule is C=C/C=C(\CCn1c2c(c3ccccc31)C=CC(C)C2)c1cccc(-c2ccc3c4c(c5c(c3c2)C=CCC5)CCC=C4)c1. The van der Waals surface area contributed by atoms with E-state index in [2.05, 4.69) is 127 Å². The number of rotatable bonds is 6. The average molecular weight is 570 g/mol. The van der Waals surface area contributed by atoms with Gasteiger partial charge in [-0.05, 0) is 118 Å². The van der Waals surface area contributed by atoms with E-state index in [1.165, 1.54) is 66.3 Å². The van der Waals surface area contributed by atoms with Crippen LogP contribution in [0.2, 0.25) is 0 Å². The van der Waals surface area contributed by atoms with Crippen molar-refractivity contribution in [3.8, 4) is 11.1 Å². The maximum absolute atomic E-state index is 4.09. The molecule has 8 rings (SSSR count). The van der Waals surface area contributed by atoms with E-state index in [-0.39, 0.29) is 0 Å². The Morgan fingerprint density at radius 1 is 0.795 bits per heavy atom. The predicted octanol–water partition coefficient (Wildman–Crippen LogP) is 11.2. The van der Waals surface area contributed by atoms with Crippen molar-refractivity contribution in [3.05, 3.63) is 143 Å². The largest absolute Gasteiger partial charge is 0.344 e. The third kappa shape index (κ3) is 4.54. The maximum Gasteiger partial charge on any atom is 0.0488 e. The average Bonchev–Trinajstić information content (AvgIpc) is 3.39. The highest BCUT2D eigenvalue weighted by molar-refractivity contribution is 6.02. The fourth-order valence-corrected chi connectivity index (χ4v) is 7.92. The highest BCUT2D eigenvalue weighted by Crippen LogP contribution is 2.40. The van der Waals surface area contributed by atoms with Gasteiger partial charge in [-0.25, -0.2) is 0 Å². The van der Waals surface area contributed by atoms with E-state index in [0.717, 1.165) is 45.1 Å². The molecule has 1 nitrogen and oxygen atoms in total. The first-order valence-electron chi connectivity index (χ1n) is 16.3. The van der Waals surface area contributed by atoms with E-state index < -0.39 is 0 Å². The fourth-order valence-electron chi connectivity index (χ4n) is 7.92. The summed E-state index contributed by atoms with van der Waals surface area (Å²) in [5.41, 5.74) is 15.4. The van der Waals surface area contributed by atoms with Crippen LogP contribution >= 0.6 is 0 Å². The number of para-hydroxylation sites is 1. The van der Waals surface area contributed by atoms with Crippen LogP contribution in [-0.2, 0) is 25.8 Å². The van der Waals surface area contributed by atoms with Crippen molar-refractivity contribution in [2.45, 2.75) is 52.0 Å². The summed E-state index contributed by atoms with van der Waals surface area (Å²) >= 11 is 0. The minimum absolute atomic E-state index is 0.565. The second kappa shape index (κ2) is 11.1. The van der Waals surface area contributed by atoms with Crippen LogP contribution in [-0.4, -0.2) is 4.57 Å². The maximum atomic E-state index is 4.09. The quantitative estimate of drug-likeness (QED) is 0.179. The van der Waals surface area contributed by atoms with Crippen molar-refractivity contribution in [1.82, 2.24) is 4.57 Å². The van der Waals surface area contributed by atoms with Gasteiger partial charge in [0.05, 0.1) is 0 Å². The Bertz CT molecular complexity index is 2070. The van der Waals surface area contributed by atoms with E-state index in [1.54, 1.807) is 11.1 Å². The summed E-state index contributed by atoms with van der Waals surface area (Å²) in [5, 5.41) is 4.14. The summed E-state index contributed by atoms with van der Waals surface area (Å²) in [6.07, 6.45) is 25.0. The van der Waals surface area contributed by atoms with Crippen LogP contribution in [0.5, 0.6) is 0 Å². The van der Waals surface area contributed by atoms with Crippen LogP contribution in [0, 0.1) is 5.92 Å². The molecule has 3 aliphatic carbocycles. The normalized spacial score (nSPS) is 17.1. The van der Waals surface area contributed by atoms with Crippen molar-refractivity contribution < 1.29 is 0 Å². The van der Waals surface area contributed by atoms with E-state index in [0.29, 0.717) is 5.92 Å². The zero-order chi connectivity index (χ0) is 29.6. The van der Waals surface area contributed by atoms with Crippen molar-refractivity contribution in [3.63, 3.8) is 0 Å². The first kappa shape index (κ1) is 27.0. The molecular weight excluding hydrogens is 530 g/mol. The molecular formula is C43H39N. The van der Waals surface area contributed by atoms with Crippen molar-refractivity contribution in [1.29, 1.82) is 0 Å². The zero-order valence-corrected chi connectivity index (χ0v) is 25.7. The lowest BCUT2D eigenvalue weighted by molar-refractivity contribution is 0.633. The highest BCUT2D eigenvalue weighted by Gasteiger charge is 2.21. The zero-order valence-electron chi connectivity index (χ0n) is 25.7. The Morgan fingerprint density at radius 3 is 2.39 bits per heavy atom. The lowest BCUT2D eigenvalue weighted by Crippen LogP contribution is -2.10. The Balaban J connectivity index is 1.16. The number of aryl methyl sites for hydroxylation is 1. The van der Waals surface area contributed by atoms with E-state index in [9.17, 15) is 0 Å². The van der Waals surface area contributed by atoms with Crippen LogP contribution < -0.4 is 0 Å². The second-order valence-corrected chi connectivity index (χ2v) is 12.8. The Morgan fingerprint density at radius 2 is 1.57 bits per heavy atom. The predicted molar refractivity (Wildman–Crippen MR) is 191 cm³/mol. The van der Waals surface area contributed by atoms with Gasteiger partial charge in [0.25, 0.3) is 0 Å². The van der Waals surface area contributed by atoms with E-state index in [1.807, 2.05) is 6.08 Å². The lowest BCUT2D eigenvalue weighted by atomic mass is 9.80. The molecule has 0 fully saturated rings. The van der Waals surface area contributed by atoms with Gasteiger partial charge in [-0.1, -0.05) is 111 Å². The van der Waals surface area contributed by atoms with Crippen molar-refractivity contribution in [2.75, 3.05) is 0 Å². The highest BCUT2D eigenvalue weighted by atomic mass is 15.0. The molecule has 0 saturated carbocycles. The van der Waals surface area contributed by atoms with Gasteiger partial charge in [0.1, 0.15) is 0 Å². The summed E-state index contributed by atoms with van der Waals surface area (Å²) in [6.45, 7) is 7.36. The summed E-state index contributed by atoms with van der Waals surface area (Å²) in [7, 11) is 0. The molecule has 0 spiro atoms. The van der Waals surface area contributed by atoms with Gasteiger partial charge in [-0.3, -0.25) is 0 Å². The van der Waals surface area contributed by atoms with Gasteiger partial charge in [-0.15, -0.1) is 0 Å². The van der Waals surface area contributed by atoms with Crippen molar-refractivity contribution >= 4 is 45.5 Å². The Kier molecular flexibility index (Phi) is 6.83. The molecule has 0 N–H and O–H groups in total. The Hall–Kier alpha value is -4.62. The molecule has 1 heteroatoms. The number of benzene rings is 4. The van der Waals surface area contributed by atoms with Crippen LogP contribution in [0.4, 0.5) is 0 Å². The summed E-state index contributed by atoms with van der Waals surface area (Å²) < 4.78 is 2.57. The van der Waals surface area contributed by atoms with Gasteiger partial charge in [0.15, 0.2) is 0 Å².